The third-order valence-electron chi connectivity index (χ3n) is 4.27. The highest BCUT2D eigenvalue weighted by Gasteiger charge is 2.19. The first-order valence-corrected chi connectivity index (χ1v) is 10.1. The second kappa shape index (κ2) is 8.95. The number of ether oxygens (including phenoxy) is 2. The second-order valence-electron chi connectivity index (χ2n) is 6.40. The highest BCUT2D eigenvalue weighted by Crippen LogP contribution is 2.31. The number of nitrogens with one attached hydrogen (secondary N) is 1. The van der Waals surface area contributed by atoms with Crippen molar-refractivity contribution in [2.45, 2.75) is 24.3 Å². The van der Waals surface area contributed by atoms with Gasteiger partial charge in [-0.1, -0.05) is 11.8 Å². The number of carbonyl (C=O) groups is 1. The van der Waals surface area contributed by atoms with Crippen molar-refractivity contribution >= 4 is 23.4 Å². The summed E-state index contributed by atoms with van der Waals surface area (Å²) in [5, 5.41) is 12.0. The Morgan fingerprint density at radius 2 is 1.90 bits per heavy atom. The van der Waals surface area contributed by atoms with Crippen molar-refractivity contribution < 1.29 is 18.7 Å². The summed E-state index contributed by atoms with van der Waals surface area (Å²) in [4.78, 5) is 16.4. The zero-order chi connectivity index (χ0) is 20.9. The van der Waals surface area contributed by atoms with Gasteiger partial charge in [0.2, 0.25) is 5.89 Å². The normalized spacial score (nSPS) is 14.3. The summed E-state index contributed by atoms with van der Waals surface area (Å²) in [6.07, 6.45) is 3.29. The SMILES string of the molecule is C/C(=N\NC(=O)C(C)Sc1nnc(-c2ccncc2)o1)c1ccc2c(c1)OCCO2. The third-order valence-corrected chi connectivity index (χ3v) is 5.21. The van der Waals surface area contributed by atoms with Crippen LogP contribution in [0.4, 0.5) is 0 Å². The predicted molar refractivity (Wildman–Crippen MR) is 111 cm³/mol. The van der Waals surface area contributed by atoms with Gasteiger partial charge in [0, 0.05) is 23.5 Å². The van der Waals surface area contributed by atoms with Gasteiger partial charge in [-0.05, 0) is 44.2 Å². The van der Waals surface area contributed by atoms with Crippen LogP contribution < -0.4 is 14.9 Å². The van der Waals surface area contributed by atoms with Crippen LogP contribution in [0.5, 0.6) is 11.5 Å². The lowest BCUT2D eigenvalue weighted by molar-refractivity contribution is -0.120. The number of pyridine rings is 1. The molecule has 0 spiro atoms. The Kier molecular flexibility index (Phi) is 5.94. The molecule has 3 heterocycles. The van der Waals surface area contributed by atoms with E-state index in [4.69, 9.17) is 13.9 Å². The first-order chi connectivity index (χ1) is 14.6. The molecule has 1 aliphatic rings. The largest absolute Gasteiger partial charge is 0.486 e. The number of nitrogens with zero attached hydrogens (tertiary/aromatic N) is 4. The molecule has 1 unspecified atom stereocenters. The maximum Gasteiger partial charge on any atom is 0.277 e. The fourth-order valence-electron chi connectivity index (χ4n) is 2.64. The van der Waals surface area contributed by atoms with Crippen molar-refractivity contribution in [2.75, 3.05) is 13.2 Å². The van der Waals surface area contributed by atoms with Crippen LogP contribution in [0.2, 0.25) is 0 Å². The van der Waals surface area contributed by atoms with Gasteiger partial charge in [-0.25, -0.2) is 5.43 Å². The van der Waals surface area contributed by atoms with Gasteiger partial charge in [0.25, 0.3) is 11.1 Å². The molecule has 10 heteroatoms. The molecule has 2 aromatic heterocycles. The van der Waals surface area contributed by atoms with Crippen LogP contribution in [0.1, 0.15) is 19.4 Å². The van der Waals surface area contributed by atoms with Crippen molar-refractivity contribution in [1.82, 2.24) is 20.6 Å². The lowest BCUT2D eigenvalue weighted by Crippen LogP contribution is -2.27. The molecule has 0 saturated carbocycles. The summed E-state index contributed by atoms with van der Waals surface area (Å²) in [7, 11) is 0. The van der Waals surface area contributed by atoms with E-state index in [1.54, 1.807) is 31.5 Å². The van der Waals surface area contributed by atoms with E-state index in [0.717, 1.165) is 22.9 Å². The van der Waals surface area contributed by atoms with E-state index in [-0.39, 0.29) is 5.91 Å². The Morgan fingerprint density at radius 3 is 2.70 bits per heavy atom. The first kappa shape index (κ1) is 19.9. The molecule has 1 amide bonds. The zero-order valence-electron chi connectivity index (χ0n) is 16.4. The summed E-state index contributed by atoms with van der Waals surface area (Å²) in [6.45, 7) is 4.60. The minimum Gasteiger partial charge on any atom is -0.486 e. The Balaban J connectivity index is 1.36. The molecule has 9 nitrogen and oxygen atoms in total. The second-order valence-corrected chi connectivity index (χ2v) is 7.69. The maximum atomic E-state index is 12.4. The number of amides is 1. The monoisotopic (exact) mass is 425 g/mol. The third kappa shape index (κ3) is 4.60. The van der Waals surface area contributed by atoms with Gasteiger partial charge in [0.05, 0.1) is 11.0 Å². The van der Waals surface area contributed by atoms with Crippen molar-refractivity contribution in [3.8, 4) is 23.0 Å². The molecule has 0 saturated heterocycles. The number of aromatic nitrogens is 3. The van der Waals surface area contributed by atoms with Crippen LogP contribution in [-0.4, -0.2) is 45.3 Å². The molecule has 1 atom stereocenters. The highest BCUT2D eigenvalue weighted by atomic mass is 32.2. The number of carbonyl (C=O) groups excluding carboxylic acids is 1. The van der Waals surface area contributed by atoms with Crippen LogP contribution in [-0.2, 0) is 4.79 Å². The molecule has 1 aliphatic heterocycles. The quantitative estimate of drug-likeness (QED) is 0.364. The molecule has 0 radical (unpaired) electrons. The number of hydrogen-bond donors (Lipinski definition) is 1. The van der Waals surface area contributed by atoms with Crippen molar-refractivity contribution in [3.63, 3.8) is 0 Å². The van der Waals surface area contributed by atoms with E-state index in [0.29, 0.717) is 41.5 Å². The van der Waals surface area contributed by atoms with E-state index in [2.05, 4.69) is 25.7 Å². The van der Waals surface area contributed by atoms with Crippen LogP contribution in [0.3, 0.4) is 0 Å². The lowest BCUT2D eigenvalue weighted by atomic mass is 10.1. The fourth-order valence-corrected chi connectivity index (χ4v) is 3.31. The Labute approximate surface area is 176 Å². The molecule has 154 valence electrons. The topological polar surface area (TPSA) is 112 Å². The summed E-state index contributed by atoms with van der Waals surface area (Å²) in [6, 6.07) is 9.09. The van der Waals surface area contributed by atoms with Crippen LogP contribution in [0, 0.1) is 0 Å². The number of hydrazone groups is 1. The van der Waals surface area contributed by atoms with Gasteiger partial charge in [0.1, 0.15) is 13.2 Å². The lowest BCUT2D eigenvalue weighted by Gasteiger charge is -2.18. The highest BCUT2D eigenvalue weighted by molar-refractivity contribution is 8.00. The molecular weight excluding hydrogens is 406 g/mol. The molecule has 0 fully saturated rings. The number of benzene rings is 1. The smallest absolute Gasteiger partial charge is 0.277 e. The van der Waals surface area contributed by atoms with Gasteiger partial charge >= 0.3 is 0 Å². The van der Waals surface area contributed by atoms with Crippen molar-refractivity contribution in [3.05, 3.63) is 48.3 Å². The summed E-state index contributed by atoms with van der Waals surface area (Å²) in [5.74, 6) is 1.48. The average molecular weight is 425 g/mol. The maximum absolute atomic E-state index is 12.4. The average Bonchev–Trinajstić information content (AvgIpc) is 3.26. The number of rotatable bonds is 6. The van der Waals surface area contributed by atoms with Crippen LogP contribution in [0.15, 0.2) is 57.5 Å². The standard InChI is InChI=1S/C20H19N5O4S/c1-12(15-3-4-16-17(11-15)28-10-9-27-16)22-23-18(26)13(2)30-20-25-24-19(29-20)14-5-7-21-8-6-14/h3-8,11,13H,9-10H2,1-2H3,(H,23,26)/b22-12+. The molecule has 30 heavy (non-hydrogen) atoms. The Morgan fingerprint density at radius 1 is 1.13 bits per heavy atom. The van der Waals surface area contributed by atoms with Gasteiger partial charge in [0.15, 0.2) is 11.5 Å². The minimum atomic E-state index is -0.479. The number of thioether (sulfide) groups is 1. The van der Waals surface area contributed by atoms with Gasteiger partial charge < -0.3 is 13.9 Å². The first-order valence-electron chi connectivity index (χ1n) is 9.25. The van der Waals surface area contributed by atoms with Crippen molar-refractivity contribution in [2.24, 2.45) is 5.10 Å². The Hall–Kier alpha value is -3.40. The fraction of sp³-hybridized carbons (Fsp3) is 0.250. The number of hydrogen-bond acceptors (Lipinski definition) is 9. The van der Waals surface area contributed by atoms with Crippen LogP contribution >= 0.6 is 11.8 Å². The molecule has 1 aromatic carbocycles. The van der Waals surface area contributed by atoms with Crippen LogP contribution in [0.25, 0.3) is 11.5 Å². The summed E-state index contributed by atoms with van der Waals surface area (Å²) >= 11 is 1.16. The van der Waals surface area contributed by atoms with Gasteiger partial charge in [-0.3, -0.25) is 9.78 Å². The van der Waals surface area contributed by atoms with Gasteiger partial charge in [-0.2, -0.15) is 5.10 Å². The van der Waals surface area contributed by atoms with E-state index in [1.165, 1.54) is 0 Å². The van der Waals surface area contributed by atoms with E-state index in [9.17, 15) is 4.79 Å². The molecule has 3 aromatic rings. The molecule has 0 bridgehead atoms. The zero-order valence-corrected chi connectivity index (χ0v) is 17.2. The predicted octanol–water partition coefficient (Wildman–Crippen LogP) is 2.92. The Bertz CT molecular complexity index is 1070. The minimum absolute atomic E-state index is 0.277. The van der Waals surface area contributed by atoms with Crippen molar-refractivity contribution in [1.29, 1.82) is 0 Å². The number of fused-ring (bicyclic) bond motifs is 1. The molecular formula is C20H19N5O4S. The molecule has 1 N–H and O–H groups in total. The summed E-state index contributed by atoms with van der Waals surface area (Å²) < 4.78 is 16.7. The molecule has 0 aliphatic carbocycles. The van der Waals surface area contributed by atoms with E-state index in [1.807, 2.05) is 25.1 Å². The summed E-state index contributed by atoms with van der Waals surface area (Å²) in [5.41, 5.74) is 4.82. The molecule has 4 rings (SSSR count). The van der Waals surface area contributed by atoms with E-state index >= 15 is 0 Å². The van der Waals surface area contributed by atoms with Gasteiger partial charge in [-0.15, -0.1) is 10.2 Å². The van der Waals surface area contributed by atoms with E-state index < -0.39 is 5.25 Å².